The van der Waals surface area contributed by atoms with Gasteiger partial charge in [-0.1, -0.05) is 24.3 Å². The first-order valence-corrected chi connectivity index (χ1v) is 6.41. The van der Waals surface area contributed by atoms with E-state index in [4.69, 9.17) is 5.26 Å². The summed E-state index contributed by atoms with van der Waals surface area (Å²) in [6.45, 7) is 1.82. The normalized spacial score (nSPS) is 15.3. The number of nitriles is 1. The molecule has 1 atom stereocenters. The summed E-state index contributed by atoms with van der Waals surface area (Å²) >= 11 is 0. The molecule has 2 aromatic rings. The molecule has 2 aromatic carbocycles. The third-order valence-electron chi connectivity index (χ3n) is 3.53. The van der Waals surface area contributed by atoms with E-state index in [2.05, 4.69) is 6.07 Å². The highest BCUT2D eigenvalue weighted by Crippen LogP contribution is 2.30. The fourth-order valence-corrected chi connectivity index (χ4v) is 2.56. The summed E-state index contributed by atoms with van der Waals surface area (Å²) in [7, 11) is 0. The molecule has 1 aliphatic heterocycles. The van der Waals surface area contributed by atoms with E-state index in [0.29, 0.717) is 16.5 Å². The van der Waals surface area contributed by atoms with Crippen molar-refractivity contribution in [3.8, 4) is 6.07 Å². The standard InChI is InChI=1S/C16H12N2O2/c1-10(8-17)9-18-15(19)12-6-2-4-11-5-3-7-13(14(11)12)16(18)20/h2-7,10H,9H2,1H3. The van der Waals surface area contributed by atoms with Crippen LogP contribution in [0.5, 0.6) is 0 Å². The second-order valence-electron chi connectivity index (χ2n) is 4.96. The van der Waals surface area contributed by atoms with E-state index >= 15 is 0 Å². The molecule has 98 valence electrons. The van der Waals surface area contributed by atoms with Gasteiger partial charge in [0.1, 0.15) is 0 Å². The Balaban J connectivity index is 2.19. The maximum absolute atomic E-state index is 12.5. The van der Waals surface area contributed by atoms with Gasteiger partial charge in [-0.3, -0.25) is 14.5 Å². The monoisotopic (exact) mass is 264 g/mol. The van der Waals surface area contributed by atoms with Crippen LogP contribution in [0.3, 0.4) is 0 Å². The van der Waals surface area contributed by atoms with Crippen molar-refractivity contribution in [3.63, 3.8) is 0 Å². The first-order valence-electron chi connectivity index (χ1n) is 6.41. The molecule has 3 rings (SSSR count). The van der Waals surface area contributed by atoms with E-state index in [1.165, 1.54) is 4.90 Å². The summed E-state index contributed by atoms with van der Waals surface area (Å²) in [5.41, 5.74) is 1.06. The highest BCUT2D eigenvalue weighted by atomic mass is 16.2. The minimum Gasteiger partial charge on any atom is -0.273 e. The third-order valence-corrected chi connectivity index (χ3v) is 3.53. The van der Waals surface area contributed by atoms with Crippen LogP contribution in [0, 0.1) is 17.2 Å². The van der Waals surface area contributed by atoms with Crippen LogP contribution in [-0.4, -0.2) is 23.3 Å². The van der Waals surface area contributed by atoms with Crippen LogP contribution in [0.1, 0.15) is 27.6 Å². The second kappa shape index (κ2) is 4.46. The minimum absolute atomic E-state index is 0.124. The van der Waals surface area contributed by atoms with Gasteiger partial charge in [0.15, 0.2) is 0 Å². The number of carbonyl (C=O) groups excluding carboxylic acids is 2. The molecule has 0 bridgehead atoms. The zero-order chi connectivity index (χ0) is 14.3. The van der Waals surface area contributed by atoms with Crippen molar-refractivity contribution in [3.05, 3.63) is 47.5 Å². The maximum atomic E-state index is 12.5. The molecule has 0 N–H and O–H groups in total. The SMILES string of the molecule is CC(C#N)CN1C(=O)c2cccc3cccc(c23)C1=O. The topological polar surface area (TPSA) is 61.2 Å². The van der Waals surface area contributed by atoms with E-state index in [0.717, 1.165) is 5.39 Å². The number of nitrogens with zero attached hydrogens (tertiary/aromatic N) is 2. The smallest absolute Gasteiger partial charge is 0.261 e. The summed E-state index contributed by atoms with van der Waals surface area (Å²) in [6.07, 6.45) is 0. The quantitative estimate of drug-likeness (QED) is 0.783. The molecular formula is C16H12N2O2. The van der Waals surface area contributed by atoms with Crippen molar-refractivity contribution in [1.29, 1.82) is 5.26 Å². The Morgan fingerprint density at radius 1 is 1.10 bits per heavy atom. The Labute approximate surface area is 116 Å². The van der Waals surface area contributed by atoms with Crippen molar-refractivity contribution in [1.82, 2.24) is 4.90 Å². The van der Waals surface area contributed by atoms with Crippen LogP contribution in [-0.2, 0) is 0 Å². The lowest BCUT2D eigenvalue weighted by molar-refractivity contribution is 0.0599. The maximum Gasteiger partial charge on any atom is 0.261 e. The molecule has 20 heavy (non-hydrogen) atoms. The molecule has 4 heteroatoms. The summed E-state index contributed by atoms with van der Waals surface area (Å²) in [5.74, 6) is -1.02. The number of imide groups is 1. The number of benzene rings is 2. The van der Waals surface area contributed by atoms with E-state index < -0.39 is 0 Å². The molecule has 0 saturated carbocycles. The molecule has 0 aromatic heterocycles. The molecule has 2 amide bonds. The van der Waals surface area contributed by atoms with Gasteiger partial charge >= 0.3 is 0 Å². The number of hydrogen-bond acceptors (Lipinski definition) is 3. The molecule has 1 heterocycles. The molecule has 4 nitrogen and oxygen atoms in total. The fraction of sp³-hybridized carbons (Fsp3) is 0.188. The average molecular weight is 264 g/mol. The average Bonchev–Trinajstić information content (AvgIpc) is 2.48. The fourth-order valence-electron chi connectivity index (χ4n) is 2.56. The van der Waals surface area contributed by atoms with Crippen molar-refractivity contribution in [2.24, 2.45) is 5.92 Å². The first-order chi connectivity index (χ1) is 9.63. The molecule has 0 radical (unpaired) electrons. The summed E-state index contributed by atoms with van der Waals surface area (Å²) < 4.78 is 0. The predicted molar refractivity (Wildman–Crippen MR) is 74.1 cm³/mol. The zero-order valence-electron chi connectivity index (χ0n) is 11.0. The molecule has 0 saturated heterocycles. The van der Waals surface area contributed by atoms with Gasteiger partial charge < -0.3 is 0 Å². The Morgan fingerprint density at radius 3 is 2.15 bits per heavy atom. The third kappa shape index (κ3) is 1.68. The van der Waals surface area contributed by atoms with Gasteiger partial charge in [0.2, 0.25) is 0 Å². The molecule has 0 aliphatic carbocycles. The van der Waals surface area contributed by atoms with Gasteiger partial charge in [0.05, 0.1) is 12.0 Å². The van der Waals surface area contributed by atoms with E-state index in [1.807, 2.05) is 12.1 Å². The zero-order valence-corrected chi connectivity index (χ0v) is 11.0. The van der Waals surface area contributed by atoms with Gasteiger partial charge in [-0.15, -0.1) is 0 Å². The summed E-state index contributed by atoms with van der Waals surface area (Å²) in [6, 6.07) is 12.9. The number of carbonyl (C=O) groups is 2. The molecule has 0 spiro atoms. The number of rotatable bonds is 2. The van der Waals surface area contributed by atoms with Gasteiger partial charge in [-0.2, -0.15) is 5.26 Å². The molecule has 1 unspecified atom stereocenters. The van der Waals surface area contributed by atoms with E-state index in [1.54, 1.807) is 31.2 Å². The summed E-state index contributed by atoms with van der Waals surface area (Å²) in [5, 5.41) is 10.5. The van der Waals surface area contributed by atoms with Crippen molar-refractivity contribution in [2.75, 3.05) is 6.54 Å². The summed E-state index contributed by atoms with van der Waals surface area (Å²) in [4.78, 5) is 26.1. The van der Waals surface area contributed by atoms with Crippen LogP contribution in [0.2, 0.25) is 0 Å². The second-order valence-corrected chi connectivity index (χ2v) is 4.96. The minimum atomic E-state index is -0.382. The largest absolute Gasteiger partial charge is 0.273 e. The van der Waals surface area contributed by atoms with Crippen LogP contribution >= 0.6 is 0 Å². The van der Waals surface area contributed by atoms with Gasteiger partial charge in [0, 0.05) is 23.1 Å². The van der Waals surface area contributed by atoms with Crippen LogP contribution in [0.4, 0.5) is 0 Å². The van der Waals surface area contributed by atoms with Gasteiger partial charge in [-0.25, -0.2) is 0 Å². The number of hydrogen-bond donors (Lipinski definition) is 0. The first kappa shape index (κ1) is 12.4. The number of amides is 2. The van der Waals surface area contributed by atoms with Crippen LogP contribution in [0.25, 0.3) is 10.8 Å². The Hall–Kier alpha value is -2.67. The Morgan fingerprint density at radius 2 is 1.65 bits per heavy atom. The molecule has 1 aliphatic rings. The van der Waals surface area contributed by atoms with E-state index in [-0.39, 0.29) is 24.3 Å². The van der Waals surface area contributed by atoms with Crippen molar-refractivity contribution in [2.45, 2.75) is 6.92 Å². The Kier molecular flexibility index (Phi) is 2.76. The Bertz CT molecular complexity index is 723. The highest BCUT2D eigenvalue weighted by molar-refractivity contribution is 6.25. The van der Waals surface area contributed by atoms with Gasteiger partial charge in [-0.05, 0) is 24.4 Å². The lowest BCUT2D eigenvalue weighted by Gasteiger charge is -2.27. The highest BCUT2D eigenvalue weighted by Gasteiger charge is 2.33. The lowest BCUT2D eigenvalue weighted by Crippen LogP contribution is -2.42. The lowest BCUT2D eigenvalue weighted by atomic mass is 9.93. The van der Waals surface area contributed by atoms with Crippen molar-refractivity contribution < 1.29 is 9.59 Å². The van der Waals surface area contributed by atoms with Crippen LogP contribution in [0.15, 0.2) is 36.4 Å². The van der Waals surface area contributed by atoms with Crippen molar-refractivity contribution >= 4 is 22.6 Å². The van der Waals surface area contributed by atoms with Crippen LogP contribution < -0.4 is 0 Å². The molecule has 0 fully saturated rings. The predicted octanol–water partition coefficient (Wildman–Crippen LogP) is 2.60. The van der Waals surface area contributed by atoms with Gasteiger partial charge in [0.25, 0.3) is 11.8 Å². The van der Waals surface area contributed by atoms with E-state index in [9.17, 15) is 9.59 Å². The molecular weight excluding hydrogens is 252 g/mol.